The zero-order valence-electron chi connectivity index (χ0n) is 9.58. The molecule has 0 spiro atoms. The first-order chi connectivity index (χ1) is 8.50. The number of benzene rings is 1. The normalized spacial score (nSPS) is 15.0. The highest BCUT2D eigenvalue weighted by Gasteiger charge is 2.26. The van der Waals surface area contributed by atoms with Crippen molar-refractivity contribution in [3.63, 3.8) is 0 Å². The predicted molar refractivity (Wildman–Crippen MR) is 70.9 cm³/mol. The summed E-state index contributed by atoms with van der Waals surface area (Å²) in [6.07, 6.45) is 1.22. The number of likely N-dealkylation sites (tertiary alicyclic amines) is 1. The number of amides is 1. The molecule has 0 aromatic heterocycles. The maximum atomic E-state index is 12.1. The molecular weight excluding hydrogens is 273 g/mol. The van der Waals surface area contributed by atoms with E-state index in [4.69, 9.17) is 23.2 Å². The minimum absolute atomic E-state index is 0.0617. The molecule has 1 aliphatic rings. The highest BCUT2D eigenvalue weighted by molar-refractivity contribution is 6.42. The lowest BCUT2D eigenvalue weighted by Crippen LogP contribution is -2.27. The number of carbonyl (C=O) groups is 2. The van der Waals surface area contributed by atoms with Gasteiger partial charge in [-0.25, -0.2) is 0 Å². The number of ketones is 1. The molecule has 1 fully saturated rings. The van der Waals surface area contributed by atoms with Crippen molar-refractivity contribution in [2.45, 2.75) is 12.8 Å². The van der Waals surface area contributed by atoms with Gasteiger partial charge in [0.25, 0.3) is 0 Å². The van der Waals surface area contributed by atoms with Crippen LogP contribution in [0.2, 0.25) is 10.0 Å². The van der Waals surface area contributed by atoms with E-state index >= 15 is 0 Å². The Hall–Kier alpha value is -1.32. The van der Waals surface area contributed by atoms with Gasteiger partial charge in [0.15, 0.2) is 0 Å². The second-order valence-electron chi connectivity index (χ2n) is 4.05. The molecule has 0 unspecified atom stereocenters. The summed E-state index contributed by atoms with van der Waals surface area (Å²) in [4.78, 5) is 25.1. The predicted octanol–water partition coefficient (Wildman–Crippen LogP) is 3.31. The maximum absolute atomic E-state index is 12.1. The fourth-order valence-corrected chi connectivity index (χ4v) is 2.16. The van der Waals surface area contributed by atoms with E-state index in [1.165, 1.54) is 11.0 Å². The first kappa shape index (κ1) is 13.1. The molecule has 94 valence electrons. The Labute approximate surface area is 115 Å². The second kappa shape index (κ2) is 5.12. The lowest BCUT2D eigenvalue weighted by atomic mass is 10.1. The molecular formula is C13H11Cl2NO2. The molecule has 0 radical (unpaired) electrons. The van der Waals surface area contributed by atoms with Crippen LogP contribution in [0.25, 0.3) is 0 Å². The lowest BCUT2D eigenvalue weighted by Gasteiger charge is -2.17. The standard InChI is InChI=1S/C13H11Cl2NO2/c1-8(16-6-2-3-12(16)17)13(18)9-4-5-10(14)11(15)7-9/h4-5,7H,1-3,6H2. The molecule has 1 aliphatic heterocycles. The average molecular weight is 284 g/mol. The van der Waals surface area contributed by atoms with Crippen LogP contribution >= 0.6 is 23.2 Å². The number of halogens is 2. The van der Waals surface area contributed by atoms with Crippen LogP contribution in [0.1, 0.15) is 23.2 Å². The van der Waals surface area contributed by atoms with Gasteiger partial charge >= 0.3 is 0 Å². The van der Waals surface area contributed by atoms with E-state index in [9.17, 15) is 9.59 Å². The molecule has 0 N–H and O–H groups in total. The van der Waals surface area contributed by atoms with Crippen molar-refractivity contribution in [1.29, 1.82) is 0 Å². The van der Waals surface area contributed by atoms with E-state index < -0.39 is 0 Å². The van der Waals surface area contributed by atoms with E-state index in [0.717, 1.165) is 6.42 Å². The van der Waals surface area contributed by atoms with E-state index in [2.05, 4.69) is 6.58 Å². The molecule has 0 aliphatic carbocycles. The summed E-state index contributed by atoms with van der Waals surface area (Å²) in [6.45, 7) is 4.24. The fourth-order valence-electron chi connectivity index (χ4n) is 1.86. The van der Waals surface area contributed by atoms with Gasteiger partial charge in [0.2, 0.25) is 11.7 Å². The Morgan fingerprint density at radius 2 is 2.00 bits per heavy atom. The molecule has 0 bridgehead atoms. The van der Waals surface area contributed by atoms with Gasteiger partial charge in [0, 0.05) is 18.5 Å². The SMILES string of the molecule is C=C(C(=O)c1ccc(Cl)c(Cl)c1)N1CCCC1=O. The minimum atomic E-state index is -0.302. The third-order valence-corrected chi connectivity index (χ3v) is 3.58. The van der Waals surface area contributed by atoms with Crippen molar-refractivity contribution < 1.29 is 9.59 Å². The Morgan fingerprint density at radius 3 is 2.56 bits per heavy atom. The van der Waals surface area contributed by atoms with Crippen molar-refractivity contribution in [3.8, 4) is 0 Å². The molecule has 3 nitrogen and oxygen atoms in total. The highest BCUT2D eigenvalue weighted by Crippen LogP contribution is 2.25. The molecule has 0 atom stereocenters. The third kappa shape index (κ3) is 2.42. The van der Waals surface area contributed by atoms with E-state index in [-0.39, 0.29) is 17.4 Å². The van der Waals surface area contributed by atoms with E-state index in [0.29, 0.717) is 28.6 Å². The van der Waals surface area contributed by atoms with Gasteiger partial charge in [-0.05, 0) is 24.6 Å². The van der Waals surface area contributed by atoms with E-state index in [1.807, 2.05) is 0 Å². The van der Waals surface area contributed by atoms with E-state index in [1.54, 1.807) is 12.1 Å². The number of carbonyl (C=O) groups excluding carboxylic acids is 2. The Bertz CT molecular complexity index is 540. The molecule has 5 heteroatoms. The second-order valence-corrected chi connectivity index (χ2v) is 4.87. The Morgan fingerprint density at radius 1 is 1.28 bits per heavy atom. The van der Waals surface area contributed by atoms with Gasteiger partial charge in [0.05, 0.1) is 15.7 Å². The first-order valence-corrected chi connectivity index (χ1v) is 6.25. The minimum Gasteiger partial charge on any atom is -0.309 e. The van der Waals surface area contributed by atoms with Crippen LogP contribution in [-0.4, -0.2) is 23.1 Å². The van der Waals surface area contributed by atoms with Crippen LogP contribution in [0.5, 0.6) is 0 Å². The van der Waals surface area contributed by atoms with Gasteiger partial charge in [-0.15, -0.1) is 0 Å². The van der Waals surface area contributed by atoms with Crippen molar-refractivity contribution >= 4 is 34.9 Å². The van der Waals surface area contributed by atoms with Gasteiger partial charge in [-0.2, -0.15) is 0 Å². The Kier molecular flexibility index (Phi) is 3.73. The van der Waals surface area contributed by atoms with Gasteiger partial charge in [-0.3, -0.25) is 9.59 Å². The van der Waals surface area contributed by atoms with Gasteiger partial charge in [-0.1, -0.05) is 29.8 Å². The summed E-state index contributed by atoms with van der Waals surface area (Å²) in [5.74, 6) is -0.364. The number of hydrogen-bond donors (Lipinski definition) is 0. The zero-order chi connectivity index (χ0) is 13.3. The lowest BCUT2D eigenvalue weighted by molar-refractivity contribution is -0.125. The average Bonchev–Trinajstić information content (AvgIpc) is 2.77. The number of allylic oxidation sites excluding steroid dienone is 1. The summed E-state index contributed by atoms with van der Waals surface area (Å²) >= 11 is 11.6. The van der Waals surface area contributed by atoms with Crippen LogP contribution in [0.3, 0.4) is 0 Å². The number of nitrogens with zero attached hydrogens (tertiary/aromatic N) is 1. The van der Waals surface area contributed by atoms with Crippen LogP contribution in [0.4, 0.5) is 0 Å². The van der Waals surface area contributed by atoms with Gasteiger partial charge in [0.1, 0.15) is 0 Å². The van der Waals surface area contributed by atoms with Crippen LogP contribution in [0, 0.1) is 0 Å². The smallest absolute Gasteiger partial charge is 0.227 e. The molecule has 2 rings (SSSR count). The molecule has 1 aromatic carbocycles. The third-order valence-electron chi connectivity index (χ3n) is 2.84. The summed E-state index contributed by atoms with van der Waals surface area (Å²) < 4.78 is 0. The van der Waals surface area contributed by atoms with Gasteiger partial charge < -0.3 is 4.90 Å². The van der Waals surface area contributed by atoms with Crippen LogP contribution < -0.4 is 0 Å². The summed E-state index contributed by atoms with van der Waals surface area (Å²) in [7, 11) is 0. The highest BCUT2D eigenvalue weighted by atomic mass is 35.5. The topological polar surface area (TPSA) is 37.4 Å². The van der Waals surface area contributed by atoms with Crippen molar-refractivity contribution in [2.75, 3.05) is 6.54 Å². The number of Topliss-reactive ketones (excluding diaryl/α,β-unsaturated/α-hetero) is 1. The quantitative estimate of drug-likeness (QED) is 0.630. The summed E-state index contributed by atoms with van der Waals surface area (Å²) in [5, 5.41) is 0.694. The monoisotopic (exact) mass is 283 g/mol. The molecule has 1 saturated heterocycles. The molecule has 1 heterocycles. The Balaban J connectivity index is 2.23. The first-order valence-electron chi connectivity index (χ1n) is 5.49. The molecule has 1 aromatic rings. The van der Waals surface area contributed by atoms with Crippen LogP contribution in [0.15, 0.2) is 30.5 Å². The number of rotatable bonds is 3. The maximum Gasteiger partial charge on any atom is 0.227 e. The fraction of sp³-hybridized carbons (Fsp3) is 0.231. The van der Waals surface area contributed by atoms with Crippen molar-refractivity contribution in [3.05, 3.63) is 46.1 Å². The van der Waals surface area contributed by atoms with Crippen molar-refractivity contribution in [2.24, 2.45) is 0 Å². The summed E-state index contributed by atoms with van der Waals surface area (Å²) in [6, 6.07) is 4.61. The largest absolute Gasteiger partial charge is 0.309 e. The van der Waals surface area contributed by atoms with Crippen LogP contribution in [-0.2, 0) is 4.79 Å². The molecule has 0 saturated carbocycles. The molecule has 18 heavy (non-hydrogen) atoms. The molecule has 1 amide bonds. The number of hydrogen-bond acceptors (Lipinski definition) is 2. The summed E-state index contributed by atoms with van der Waals surface area (Å²) in [5.41, 5.74) is 0.574. The van der Waals surface area contributed by atoms with Crippen molar-refractivity contribution in [1.82, 2.24) is 4.90 Å². The zero-order valence-corrected chi connectivity index (χ0v) is 11.1.